The van der Waals surface area contributed by atoms with Gasteiger partial charge in [-0.2, -0.15) is 0 Å². The molecule has 11 heteroatoms. The second-order valence-corrected chi connectivity index (χ2v) is 12.9. The molecule has 7 aromatic carbocycles. The lowest BCUT2D eigenvalue weighted by atomic mass is 9.77. The predicted octanol–water partition coefficient (Wildman–Crippen LogP) is 4.00. The number of carboxylic acids is 1. The molecule has 5 N–H and O–H groups in total. The number of carbonyl (C=O) groups is 1. The fourth-order valence-corrected chi connectivity index (χ4v) is 7.08. The van der Waals surface area contributed by atoms with E-state index in [1.165, 1.54) is 0 Å². The lowest BCUT2D eigenvalue weighted by Crippen LogP contribution is -2.33. The Labute approximate surface area is 304 Å². The number of hydrogen-bond acceptors (Lipinski definition) is 9. The van der Waals surface area contributed by atoms with Gasteiger partial charge in [0, 0.05) is 44.9 Å². The minimum Gasteiger partial charge on any atom is -0.545 e. The molecule has 0 bridgehead atoms. The average Bonchev–Trinajstić information content (AvgIpc) is 3.18. The molecule has 0 fully saturated rings. The van der Waals surface area contributed by atoms with E-state index in [0.29, 0.717) is 50.7 Å². The van der Waals surface area contributed by atoms with E-state index in [-0.39, 0.29) is 12.1 Å². The molecule has 0 radical (unpaired) electrons. The van der Waals surface area contributed by atoms with Crippen LogP contribution in [0.1, 0.15) is 21.5 Å². The molecule has 0 aliphatic heterocycles. The maximum absolute atomic E-state index is 12.4. The summed E-state index contributed by atoms with van der Waals surface area (Å²) in [5, 5.41) is 60.5. The topological polar surface area (TPSA) is 159 Å². The van der Waals surface area contributed by atoms with Crippen molar-refractivity contribution in [2.45, 2.75) is 13.1 Å². The summed E-state index contributed by atoms with van der Waals surface area (Å²) in [5.41, 5.74) is 5.56. The Balaban J connectivity index is 1.29. The summed E-state index contributed by atoms with van der Waals surface area (Å²) < 4.78 is 6.83. The van der Waals surface area contributed by atoms with Gasteiger partial charge < -0.3 is 39.7 Å². The predicted molar refractivity (Wildman–Crippen MR) is 208 cm³/mol. The summed E-state index contributed by atoms with van der Waals surface area (Å²) >= 11 is 0. The lowest BCUT2D eigenvalue weighted by Gasteiger charge is -2.17. The zero-order valence-electron chi connectivity index (χ0n) is 28.2. The highest BCUT2D eigenvalue weighted by Crippen LogP contribution is 2.42. The van der Waals surface area contributed by atoms with Gasteiger partial charge in [-0.15, -0.1) is 0 Å². The highest BCUT2D eigenvalue weighted by molar-refractivity contribution is 6.59. The highest BCUT2D eigenvalue weighted by atomic mass is 16.4. The van der Waals surface area contributed by atoms with Crippen LogP contribution in [-0.2, 0) is 13.1 Å². The summed E-state index contributed by atoms with van der Waals surface area (Å²) in [6.07, 6.45) is 0. The summed E-state index contributed by atoms with van der Waals surface area (Å²) in [4.78, 5) is 17.1. The Kier molecular flexibility index (Phi) is 8.99. The molecule has 53 heavy (non-hydrogen) atoms. The van der Waals surface area contributed by atoms with E-state index in [0.717, 1.165) is 43.6 Å². The summed E-state index contributed by atoms with van der Waals surface area (Å²) in [7, 11) is -3.18. The number of hydrogen-bond donors (Lipinski definition) is 5. The van der Waals surface area contributed by atoms with E-state index in [1.54, 1.807) is 48.5 Å². The molecule has 0 saturated carbocycles. The van der Waals surface area contributed by atoms with Crippen molar-refractivity contribution in [3.63, 3.8) is 0 Å². The molecular weight excluding hydrogens is 666 g/mol. The molecule has 0 amide bonds. The van der Waals surface area contributed by atoms with Crippen molar-refractivity contribution in [2.75, 3.05) is 5.32 Å². The number of anilines is 1. The maximum atomic E-state index is 12.4. The van der Waals surface area contributed by atoms with Crippen LogP contribution in [0.2, 0.25) is 0 Å². The largest absolute Gasteiger partial charge is 0.545 e. The van der Waals surface area contributed by atoms with E-state index in [2.05, 4.69) is 5.32 Å². The normalized spacial score (nSPS) is 11.8. The van der Waals surface area contributed by atoms with Gasteiger partial charge in [0.05, 0.1) is 17.9 Å². The first-order chi connectivity index (χ1) is 25.8. The maximum Gasteiger partial charge on any atom is 0.488 e. The quantitative estimate of drug-likeness (QED) is 0.0861. The first-order valence-electron chi connectivity index (χ1n) is 17.1. The summed E-state index contributed by atoms with van der Waals surface area (Å²) in [6, 6.07) is 40.4. The van der Waals surface area contributed by atoms with Gasteiger partial charge in [0.1, 0.15) is 11.2 Å². The smallest absolute Gasteiger partial charge is 0.488 e. The number of carboxylic acid groups (broad SMARTS) is 1. The molecule has 0 aliphatic rings. The number of benzene rings is 7. The molecule has 8 aromatic rings. The third-order valence-corrected chi connectivity index (χ3v) is 9.66. The Morgan fingerprint density at radius 3 is 1.89 bits per heavy atom. The summed E-state index contributed by atoms with van der Waals surface area (Å²) in [6.45, 7) is 0.632. The monoisotopic (exact) mass is 697 g/mol. The molecule has 0 unspecified atom stereocenters. The first-order valence-corrected chi connectivity index (χ1v) is 17.1. The van der Waals surface area contributed by atoms with E-state index in [1.807, 2.05) is 84.9 Å². The SMILES string of the molecule is O=C([O-])c1ccccc1-c1c2ccc3cc(NCc4ccccc4B(O)O)ccc3c2oc2c1ccc1cc(=NCc3ccccc3B(O)O)ccc12. The standard InChI is InChI=1S/C42H32B2N2O7/c47-42(48)34-10-4-3-9-33(34)39-35-17-13-25-21-29(45-23-27-7-1-5-11-37(27)43(49)50)15-19-31(25)40(35)53-41-32-20-16-30(22-26(32)14-18-36(39)41)46-24-28-8-2-6-12-38(28)44(51)52/h1-22,45,49-52H,23-24H2,(H,47,48)/p-1. The molecule has 0 spiro atoms. The van der Waals surface area contributed by atoms with Gasteiger partial charge >= 0.3 is 14.2 Å². The Morgan fingerprint density at radius 2 is 1.21 bits per heavy atom. The van der Waals surface area contributed by atoms with Crippen molar-refractivity contribution in [1.82, 2.24) is 0 Å². The van der Waals surface area contributed by atoms with Crippen LogP contribution in [0.15, 0.2) is 143 Å². The third kappa shape index (κ3) is 6.43. The van der Waals surface area contributed by atoms with Crippen molar-refractivity contribution in [2.24, 2.45) is 4.99 Å². The van der Waals surface area contributed by atoms with Crippen LogP contribution in [0.25, 0.3) is 54.6 Å². The van der Waals surface area contributed by atoms with Gasteiger partial charge in [-0.3, -0.25) is 4.99 Å². The molecule has 0 aliphatic carbocycles. The number of nitrogens with one attached hydrogen (secondary N) is 1. The molecule has 1 aromatic heterocycles. The molecular formula is C42H31B2N2O7-. The third-order valence-electron chi connectivity index (χ3n) is 9.66. The van der Waals surface area contributed by atoms with E-state index < -0.39 is 20.2 Å². The number of fused-ring (bicyclic) bond motifs is 6. The Hall–Kier alpha value is -6.23. The second-order valence-electron chi connectivity index (χ2n) is 12.9. The van der Waals surface area contributed by atoms with Crippen molar-refractivity contribution in [1.29, 1.82) is 0 Å². The Bertz CT molecular complexity index is 2780. The fraction of sp³-hybridized carbons (Fsp3) is 0.0476. The van der Waals surface area contributed by atoms with Crippen LogP contribution in [0, 0.1) is 0 Å². The average molecular weight is 697 g/mol. The minimum atomic E-state index is -1.60. The number of rotatable bonds is 9. The molecule has 0 saturated heterocycles. The molecule has 0 atom stereocenters. The molecule has 1 heterocycles. The number of carbonyl (C=O) groups excluding carboxylic acids is 1. The van der Waals surface area contributed by atoms with Crippen LogP contribution in [0.5, 0.6) is 0 Å². The summed E-state index contributed by atoms with van der Waals surface area (Å²) in [5.74, 6) is -1.28. The van der Waals surface area contributed by atoms with Crippen LogP contribution >= 0.6 is 0 Å². The van der Waals surface area contributed by atoms with Gasteiger partial charge in [-0.1, -0.05) is 84.9 Å². The fourth-order valence-electron chi connectivity index (χ4n) is 7.08. The van der Waals surface area contributed by atoms with Gasteiger partial charge in [-0.25, -0.2) is 0 Å². The highest BCUT2D eigenvalue weighted by Gasteiger charge is 2.20. The van der Waals surface area contributed by atoms with Crippen molar-refractivity contribution < 1.29 is 34.4 Å². The van der Waals surface area contributed by atoms with Gasteiger partial charge in [0.2, 0.25) is 0 Å². The minimum absolute atomic E-state index is 0.0664. The van der Waals surface area contributed by atoms with E-state index in [9.17, 15) is 30.0 Å². The van der Waals surface area contributed by atoms with Crippen LogP contribution < -0.4 is 26.7 Å². The van der Waals surface area contributed by atoms with Crippen LogP contribution in [0.3, 0.4) is 0 Å². The van der Waals surface area contributed by atoms with Gasteiger partial charge in [0.25, 0.3) is 0 Å². The molecule has 8 rings (SSSR count). The lowest BCUT2D eigenvalue weighted by molar-refractivity contribution is -0.254. The first kappa shape index (κ1) is 33.9. The number of nitrogens with zero attached hydrogens (tertiary/aromatic N) is 1. The second kappa shape index (κ2) is 14.1. The zero-order valence-corrected chi connectivity index (χ0v) is 28.2. The molecule has 9 nitrogen and oxygen atoms in total. The van der Waals surface area contributed by atoms with E-state index in [4.69, 9.17) is 9.41 Å². The van der Waals surface area contributed by atoms with Crippen molar-refractivity contribution >= 4 is 80.3 Å². The van der Waals surface area contributed by atoms with Crippen molar-refractivity contribution in [3.05, 3.63) is 156 Å². The molecule has 258 valence electrons. The van der Waals surface area contributed by atoms with Crippen molar-refractivity contribution in [3.8, 4) is 11.1 Å². The van der Waals surface area contributed by atoms with Gasteiger partial charge in [0.15, 0.2) is 0 Å². The van der Waals surface area contributed by atoms with Gasteiger partial charge in [-0.05, 0) is 86.9 Å². The van der Waals surface area contributed by atoms with Crippen LogP contribution in [0.4, 0.5) is 5.69 Å². The van der Waals surface area contributed by atoms with Crippen LogP contribution in [-0.4, -0.2) is 40.3 Å². The zero-order chi connectivity index (χ0) is 36.6. The number of aromatic carboxylic acids is 1. The Morgan fingerprint density at radius 1 is 0.642 bits per heavy atom. The van der Waals surface area contributed by atoms with E-state index >= 15 is 0 Å².